The first kappa shape index (κ1) is 19.7. The van der Waals surface area contributed by atoms with Crippen LogP contribution in [0.4, 0.5) is 0 Å². The lowest BCUT2D eigenvalue weighted by molar-refractivity contribution is -0.115. The predicted octanol–water partition coefficient (Wildman–Crippen LogP) is 4.85. The molecule has 7 heteroatoms. The minimum absolute atomic E-state index is 0.213. The molecule has 0 aromatic heterocycles. The van der Waals surface area contributed by atoms with E-state index in [4.69, 9.17) is 33.3 Å². The molecule has 1 fully saturated rings. The number of hydrogen-bond donors (Lipinski definition) is 1. The summed E-state index contributed by atoms with van der Waals surface area (Å²) in [6, 6.07) is 13.3. The van der Waals surface area contributed by atoms with Gasteiger partial charge in [-0.3, -0.25) is 4.79 Å². The van der Waals surface area contributed by atoms with Crippen LogP contribution in [-0.4, -0.2) is 23.4 Å². The number of halogens is 1. The second kappa shape index (κ2) is 9.26. The Kier molecular flexibility index (Phi) is 6.77. The largest absolute Gasteiger partial charge is 0.490 e. The maximum absolute atomic E-state index is 11.9. The lowest BCUT2D eigenvalue weighted by Gasteiger charge is -2.11. The summed E-state index contributed by atoms with van der Waals surface area (Å²) in [6.07, 6.45) is 2.73. The van der Waals surface area contributed by atoms with Gasteiger partial charge >= 0.3 is 0 Å². The second-order valence-electron chi connectivity index (χ2n) is 5.73. The Bertz CT molecular complexity index is 881. The van der Waals surface area contributed by atoms with E-state index in [1.807, 2.05) is 12.1 Å². The lowest BCUT2D eigenvalue weighted by atomic mass is 10.2. The second-order valence-corrected chi connectivity index (χ2v) is 7.88. The zero-order valence-electron chi connectivity index (χ0n) is 14.7. The third-order valence-electron chi connectivity index (χ3n) is 3.84. The number of aryl methyl sites for hydroxylation is 1. The zero-order valence-corrected chi connectivity index (χ0v) is 17.0. The highest BCUT2D eigenvalue weighted by atomic mass is 35.5. The number of rotatable bonds is 7. The molecule has 1 amide bonds. The molecular formula is C20H18ClNO3S2. The molecule has 1 saturated heterocycles. The van der Waals surface area contributed by atoms with E-state index >= 15 is 0 Å². The first-order valence-electron chi connectivity index (χ1n) is 8.44. The molecule has 2 aromatic carbocycles. The van der Waals surface area contributed by atoms with E-state index in [0.717, 1.165) is 17.7 Å². The van der Waals surface area contributed by atoms with Gasteiger partial charge in [-0.2, -0.15) is 0 Å². The SMILES string of the molecule is CCc1ccc(OCCOc2ccc(Cl)cc2/C=C2\SC(=S)NC2=O)cc1. The summed E-state index contributed by atoms with van der Waals surface area (Å²) in [6.45, 7) is 2.89. The molecule has 4 nitrogen and oxygen atoms in total. The minimum Gasteiger partial charge on any atom is -0.490 e. The van der Waals surface area contributed by atoms with E-state index in [2.05, 4.69) is 24.4 Å². The van der Waals surface area contributed by atoms with Gasteiger partial charge in [0, 0.05) is 10.6 Å². The van der Waals surface area contributed by atoms with Crippen LogP contribution in [-0.2, 0) is 11.2 Å². The third-order valence-corrected chi connectivity index (χ3v) is 5.24. The van der Waals surface area contributed by atoms with Gasteiger partial charge in [-0.1, -0.05) is 54.6 Å². The molecule has 2 aromatic rings. The molecule has 0 aliphatic carbocycles. The number of carbonyl (C=O) groups excluding carboxylic acids is 1. The Hall–Kier alpha value is -2.02. The van der Waals surface area contributed by atoms with Crippen molar-refractivity contribution >= 4 is 51.9 Å². The fourth-order valence-electron chi connectivity index (χ4n) is 2.46. The summed E-state index contributed by atoms with van der Waals surface area (Å²) in [7, 11) is 0. The van der Waals surface area contributed by atoms with Crippen molar-refractivity contribution < 1.29 is 14.3 Å². The molecule has 3 rings (SSSR count). The van der Waals surface area contributed by atoms with Crippen molar-refractivity contribution in [2.45, 2.75) is 13.3 Å². The molecule has 0 radical (unpaired) electrons. The van der Waals surface area contributed by atoms with E-state index in [1.165, 1.54) is 17.3 Å². The molecule has 27 heavy (non-hydrogen) atoms. The first-order valence-corrected chi connectivity index (χ1v) is 10.0. The molecule has 1 aliphatic heterocycles. The average Bonchev–Trinajstić information content (AvgIpc) is 2.97. The van der Waals surface area contributed by atoms with Gasteiger partial charge < -0.3 is 14.8 Å². The summed E-state index contributed by atoms with van der Waals surface area (Å²) in [5, 5.41) is 3.16. The normalized spacial score (nSPS) is 15.1. The van der Waals surface area contributed by atoms with E-state index < -0.39 is 0 Å². The summed E-state index contributed by atoms with van der Waals surface area (Å²) in [5.74, 6) is 1.22. The van der Waals surface area contributed by atoms with Crippen molar-refractivity contribution in [1.82, 2.24) is 5.32 Å². The van der Waals surface area contributed by atoms with Gasteiger partial charge in [-0.25, -0.2) is 0 Å². The van der Waals surface area contributed by atoms with Gasteiger partial charge in [-0.15, -0.1) is 0 Å². The van der Waals surface area contributed by atoms with Crippen LogP contribution in [0.5, 0.6) is 11.5 Å². The number of carbonyl (C=O) groups is 1. The highest BCUT2D eigenvalue weighted by Gasteiger charge is 2.22. The van der Waals surface area contributed by atoms with E-state index in [1.54, 1.807) is 24.3 Å². The average molecular weight is 420 g/mol. The molecular weight excluding hydrogens is 402 g/mol. The van der Waals surface area contributed by atoms with Crippen molar-refractivity contribution in [3.8, 4) is 11.5 Å². The van der Waals surface area contributed by atoms with Crippen molar-refractivity contribution in [3.63, 3.8) is 0 Å². The Morgan fingerprint density at radius 2 is 1.89 bits per heavy atom. The van der Waals surface area contributed by atoms with E-state index in [-0.39, 0.29) is 5.91 Å². The standard InChI is InChI=1S/C20H18ClNO3S2/c1-2-13-3-6-16(7-4-13)24-9-10-25-17-8-5-15(21)11-14(17)12-18-19(23)22-20(26)27-18/h3-8,11-12H,2,9-10H2,1H3,(H,22,23,26)/b18-12-. The summed E-state index contributed by atoms with van der Waals surface area (Å²) in [5.41, 5.74) is 1.99. The molecule has 140 valence electrons. The van der Waals surface area contributed by atoms with Gasteiger partial charge in [0.05, 0.1) is 4.91 Å². The lowest BCUT2D eigenvalue weighted by Crippen LogP contribution is -2.17. The van der Waals surface area contributed by atoms with Crippen LogP contribution in [0.15, 0.2) is 47.4 Å². The van der Waals surface area contributed by atoms with Crippen LogP contribution in [0.3, 0.4) is 0 Å². The zero-order chi connectivity index (χ0) is 19.2. The first-order chi connectivity index (χ1) is 13.0. The van der Waals surface area contributed by atoms with Crippen LogP contribution in [0.2, 0.25) is 5.02 Å². The predicted molar refractivity (Wildman–Crippen MR) is 115 cm³/mol. The topological polar surface area (TPSA) is 47.6 Å². The molecule has 0 atom stereocenters. The van der Waals surface area contributed by atoms with Crippen LogP contribution in [0.1, 0.15) is 18.1 Å². The number of thioether (sulfide) groups is 1. The monoisotopic (exact) mass is 419 g/mol. The number of benzene rings is 2. The van der Waals surface area contributed by atoms with Crippen molar-refractivity contribution in [3.05, 3.63) is 63.5 Å². The van der Waals surface area contributed by atoms with Gasteiger partial charge in [-0.05, 0) is 48.4 Å². The molecule has 0 spiro atoms. The fraction of sp³-hybridized carbons (Fsp3) is 0.200. The highest BCUT2D eigenvalue weighted by Crippen LogP contribution is 2.31. The smallest absolute Gasteiger partial charge is 0.263 e. The van der Waals surface area contributed by atoms with Gasteiger partial charge in [0.1, 0.15) is 29.0 Å². The minimum atomic E-state index is -0.213. The molecule has 1 N–H and O–H groups in total. The van der Waals surface area contributed by atoms with Crippen LogP contribution < -0.4 is 14.8 Å². The van der Waals surface area contributed by atoms with Gasteiger partial charge in [0.25, 0.3) is 5.91 Å². The third kappa shape index (κ3) is 5.48. The van der Waals surface area contributed by atoms with Gasteiger partial charge in [0.2, 0.25) is 0 Å². The number of hydrogen-bond acceptors (Lipinski definition) is 5. The summed E-state index contributed by atoms with van der Waals surface area (Å²) in [4.78, 5) is 12.4. The Balaban J connectivity index is 1.62. The van der Waals surface area contributed by atoms with Crippen LogP contribution in [0.25, 0.3) is 6.08 Å². The molecule has 0 unspecified atom stereocenters. The summed E-state index contributed by atoms with van der Waals surface area (Å²) >= 11 is 12.3. The Morgan fingerprint density at radius 1 is 1.15 bits per heavy atom. The Labute approximate surface area is 172 Å². The molecule has 0 bridgehead atoms. The van der Waals surface area contributed by atoms with Crippen molar-refractivity contribution in [1.29, 1.82) is 0 Å². The van der Waals surface area contributed by atoms with E-state index in [9.17, 15) is 4.79 Å². The van der Waals surface area contributed by atoms with Crippen molar-refractivity contribution in [2.75, 3.05) is 13.2 Å². The molecule has 1 heterocycles. The maximum Gasteiger partial charge on any atom is 0.263 e. The van der Waals surface area contributed by atoms with E-state index in [0.29, 0.717) is 33.2 Å². The fourth-order valence-corrected chi connectivity index (χ4v) is 3.67. The number of ether oxygens (including phenoxy) is 2. The van der Waals surface area contributed by atoms with Crippen molar-refractivity contribution in [2.24, 2.45) is 0 Å². The highest BCUT2D eigenvalue weighted by molar-refractivity contribution is 8.26. The molecule has 0 saturated carbocycles. The quantitative estimate of drug-likeness (QED) is 0.395. The molecule has 1 aliphatic rings. The van der Waals surface area contributed by atoms with Crippen LogP contribution >= 0.6 is 35.6 Å². The Morgan fingerprint density at radius 3 is 2.56 bits per heavy atom. The maximum atomic E-state index is 11.9. The number of nitrogens with one attached hydrogen (secondary N) is 1. The number of amides is 1. The van der Waals surface area contributed by atoms with Crippen LogP contribution in [0, 0.1) is 0 Å². The van der Waals surface area contributed by atoms with Gasteiger partial charge in [0.15, 0.2) is 0 Å². The number of thiocarbonyl (C=S) groups is 1. The summed E-state index contributed by atoms with van der Waals surface area (Å²) < 4.78 is 12.0.